The Morgan fingerprint density at radius 3 is 2.59 bits per heavy atom. The third kappa shape index (κ3) is 3.60. The van der Waals surface area contributed by atoms with Crippen molar-refractivity contribution in [1.82, 2.24) is 29.1 Å². The number of nitrogens with two attached hydrogens (primary N) is 1. The van der Waals surface area contributed by atoms with E-state index in [9.17, 15) is 0 Å². The van der Waals surface area contributed by atoms with Crippen LogP contribution in [0, 0.1) is 5.82 Å². The molecule has 0 spiro atoms. The fourth-order valence-electron chi connectivity index (χ4n) is 5.65. The largest absolute Gasteiger partial charge is 0.382 e. The third-order valence-electron chi connectivity index (χ3n) is 7.58. The summed E-state index contributed by atoms with van der Waals surface area (Å²) in [5.74, 6) is 1.67. The Balaban J connectivity index is 1.49. The molecule has 0 amide bonds. The maximum absolute atomic E-state index is 15.2. The van der Waals surface area contributed by atoms with Crippen LogP contribution in [-0.2, 0) is 4.74 Å². The van der Waals surface area contributed by atoms with Gasteiger partial charge in [0.05, 0.1) is 17.0 Å². The van der Waals surface area contributed by atoms with Gasteiger partial charge in [-0.3, -0.25) is 9.13 Å². The van der Waals surface area contributed by atoms with Crippen LogP contribution >= 0.6 is 0 Å². The standard InChI is InChI=1S/C28H28FN7O/c1-16(27-34-23-25(30)31-15-32-28(23)36(27)21-9-5-6-14-37-21)26-33-20-13-12-19(29)22(17-10-11-17)24(20)35(26)18-7-3-2-4-8-18/h2-4,7-8,12-13,15-17,21H,5-6,9-11,14H2,1H3,(H2,30,31,32)/t16-,21?/m0/s1. The second kappa shape index (κ2) is 8.62. The maximum atomic E-state index is 15.2. The van der Waals surface area contributed by atoms with Crippen LogP contribution in [0.25, 0.3) is 27.9 Å². The molecule has 1 saturated heterocycles. The highest BCUT2D eigenvalue weighted by Crippen LogP contribution is 2.46. The summed E-state index contributed by atoms with van der Waals surface area (Å²) in [4.78, 5) is 18.8. The average Bonchev–Trinajstić information content (AvgIpc) is 3.57. The van der Waals surface area contributed by atoms with Gasteiger partial charge in [-0.25, -0.2) is 24.3 Å². The molecule has 2 N–H and O–H groups in total. The molecular formula is C28H28FN7O. The van der Waals surface area contributed by atoms with Crippen LogP contribution < -0.4 is 5.73 Å². The highest BCUT2D eigenvalue weighted by atomic mass is 19.1. The lowest BCUT2D eigenvalue weighted by Crippen LogP contribution is -2.22. The number of halogens is 1. The minimum absolute atomic E-state index is 0.169. The van der Waals surface area contributed by atoms with E-state index < -0.39 is 0 Å². The molecule has 7 rings (SSSR count). The van der Waals surface area contributed by atoms with Crippen LogP contribution in [0.5, 0.6) is 0 Å². The van der Waals surface area contributed by atoms with Gasteiger partial charge >= 0.3 is 0 Å². The van der Waals surface area contributed by atoms with Gasteiger partial charge in [0.25, 0.3) is 0 Å². The smallest absolute Gasteiger partial charge is 0.167 e. The number of aromatic nitrogens is 6. The second-order valence-electron chi connectivity index (χ2n) is 10.1. The highest BCUT2D eigenvalue weighted by Gasteiger charge is 2.34. The van der Waals surface area contributed by atoms with Crippen molar-refractivity contribution in [1.29, 1.82) is 0 Å². The first-order valence-corrected chi connectivity index (χ1v) is 13.0. The molecule has 2 atom stereocenters. The van der Waals surface area contributed by atoms with Gasteiger partial charge < -0.3 is 10.5 Å². The van der Waals surface area contributed by atoms with E-state index in [1.54, 1.807) is 12.1 Å². The van der Waals surface area contributed by atoms with E-state index in [1.807, 2.05) is 30.3 Å². The fourth-order valence-corrected chi connectivity index (χ4v) is 5.65. The second-order valence-corrected chi connectivity index (χ2v) is 10.1. The fraction of sp³-hybridized carbons (Fsp3) is 0.357. The normalized spacial score (nSPS) is 19.0. The van der Waals surface area contributed by atoms with Crippen molar-refractivity contribution in [3.05, 3.63) is 71.8 Å². The number of anilines is 1. The summed E-state index contributed by atoms with van der Waals surface area (Å²) in [6, 6.07) is 13.4. The molecule has 188 valence electrons. The molecule has 1 saturated carbocycles. The van der Waals surface area contributed by atoms with Gasteiger partial charge in [0.2, 0.25) is 0 Å². The van der Waals surface area contributed by atoms with Gasteiger partial charge in [0, 0.05) is 17.9 Å². The van der Waals surface area contributed by atoms with Crippen LogP contribution in [0.2, 0.25) is 0 Å². The zero-order valence-electron chi connectivity index (χ0n) is 20.6. The summed E-state index contributed by atoms with van der Waals surface area (Å²) in [7, 11) is 0. The number of benzene rings is 2. The molecule has 1 aliphatic heterocycles. The molecule has 2 aromatic carbocycles. The van der Waals surface area contributed by atoms with Crippen molar-refractivity contribution in [2.75, 3.05) is 12.3 Å². The molecule has 0 radical (unpaired) electrons. The maximum Gasteiger partial charge on any atom is 0.167 e. The molecule has 1 unspecified atom stereocenters. The van der Waals surface area contributed by atoms with Gasteiger partial charge in [-0.1, -0.05) is 18.2 Å². The zero-order valence-corrected chi connectivity index (χ0v) is 20.6. The lowest BCUT2D eigenvalue weighted by molar-refractivity contribution is -0.0316. The van der Waals surface area contributed by atoms with E-state index in [0.717, 1.165) is 66.0 Å². The predicted molar refractivity (Wildman–Crippen MR) is 139 cm³/mol. The van der Waals surface area contributed by atoms with E-state index in [4.69, 9.17) is 20.4 Å². The molecule has 0 bridgehead atoms. The number of para-hydroxylation sites is 1. The molecule has 4 heterocycles. The zero-order chi connectivity index (χ0) is 25.1. The number of hydrogen-bond donors (Lipinski definition) is 1. The van der Waals surface area contributed by atoms with E-state index in [2.05, 4.69) is 26.0 Å². The summed E-state index contributed by atoms with van der Waals surface area (Å²) in [5, 5.41) is 0. The first-order valence-electron chi connectivity index (χ1n) is 13.0. The predicted octanol–water partition coefficient (Wildman–Crippen LogP) is 5.61. The number of nitrogen functional groups attached to an aromatic ring is 1. The molecule has 3 aromatic heterocycles. The van der Waals surface area contributed by atoms with Gasteiger partial charge in [-0.05, 0) is 69.2 Å². The molecular weight excluding hydrogens is 469 g/mol. The Bertz CT molecular complexity index is 1620. The van der Waals surface area contributed by atoms with Crippen molar-refractivity contribution in [3.63, 3.8) is 0 Å². The molecule has 9 heteroatoms. The van der Waals surface area contributed by atoms with Crippen molar-refractivity contribution < 1.29 is 9.13 Å². The quantitative estimate of drug-likeness (QED) is 0.339. The molecule has 1 aliphatic carbocycles. The summed E-state index contributed by atoms with van der Waals surface area (Å²) < 4.78 is 25.6. The first-order chi connectivity index (χ1) is 18.1. The number of imidazole rings is 2. The molecule has 2 fully saturated rings. The van der Waals surface area contributed by atoms with Crippen LogP contribution in [0.1, 0.15) is 74.3 Å². The van der Waals surface area contributed by atoms with Crippen molar-refractivity contribution >= 4 is 28.0 Å². The van der Waals surface area contributed by atoms with Crippen LogP contribution in [0.4, 0.5) is 10.2 Å². The topological polar surface area (TPSA) is 96.7 Å². The molecule has 2 aliphatic rings. The van der Waals surface area contributed by atoms with Crippen molar-refractivity contribution in [3.8, 4) is 5.69 Å². The van der Waals surface area contributed by atoms with Crippen LogP contribution in [-0.4, -0.2) is 35.7 Å². The first kappa shape index (κ1) is 22.4. The molecule has 5 aromatic rings. The van der Waals surface area contributed by atoms with Crippen molar-refractivity contribution in [2.45, 2.75) is 57.1 Å². The summed E-state index contributed by atoms with van der Waals surface area (Å²) in [5.41, 5.74) is 10.8. The lowest BCUT2D eigenvalue weighted by atomic mass is 10.1. The van der Waals surface area contributed by atoms with Crippen molar-refractivity contribution in [2.24, 2.45) is 0 Å². The highest BCUT2D eigenvalue weighted by molar-refractivity contribution is 5.84. The number of rotatable bonds is 5. The van der Waals surface area contributed by atoms with Gasteiger partial charge in [0.15, 0.2) is 17.0 Å². The van der Waals surface area contributed by atoms with Crippen LogP contribution in [0.15, 0.2) is 48.8 Å². The van der Waals surface area contributed by atoms with E-state index in [0.29, 0.717) is 23.6 Å². The summed E-state index contributed by atoms with van der Waals surface area (Å²) >= 11 is 0. The van der Waals surface area contributed by atoms with Gasteiger partial charge in [-0.2, -0.15) is 0 Å². The number of fused-ring (bicyclic) bond motifs is 2. The Hall–Kier alpha value is -3.85. The number of hydrogen-bond acceptors (Lipinski definition) is 6. The van der Waals surface area contributed by atoms with Gasteiger partial charge in [0.1, 0.15) is 30.0 Å². The molecule has 8 nitrogen and oxygen atoms in total. The Morgan fingerprint density at radius 2 is 1.84 bits per heavy atom. The Morgan fingerprint density at radius 1 is 1.00 bits per heavy atom. The monoisotopic (exact) mass is 497 g/mol. The average molecular weight is 498 g/mol. The number of nitrogens with zero attached hydrogens (tertiary/aromatic N) is 6. The third-order valence-corrected chi connectivity index (χ3v) is 7.58. The Labute approximate surface area is 213 Å². The van der Waals surface area contributed by atoms with E-state index in [-0.39, 0.29) is 23.9 Å². The van der Waals surface area contributed by atoms with Crippen LogP contribution in [0.3, 0.4) is 0 Å². The minimum atomic E-state index is -0.262. The van der Waals surface area contributed by atoms with E-state index in [1.165, 1.54) is 6.33 Å². The SMILES string of the molecule is C[C@@H](c1nc2ccc(F)c(C3CC3)c2n1-c1ccccc1)c1nc2c(N)ncnc2n1C1CCCCO1. The van der Waals surface area contributed by atoms with E-state index >= 15 is 4.39 Å². The van der Waals surface area contributed by atoms with Gasteiger partial charge in [-0.15, -0.1) is 0 Å². The Kier molecular flexibility index (Phi) is 5.21. The summed E-state index contributed by atoms with van der Waals surface area (Å²) in [6.07, 6.45) is 6.22. The minimum Gasteiger partial charge on any atom is -0.382 e. The summed E-state index contributed by atoms with van der Waals surface area (Å²) in [6.45, 7) is 2.77. The molecule has 37 heavy (non-hydrogen) atoms. The number of ether oxygens (including phenoxy) is 1. The lowest BCUT2D eigenvalue weighted by Gasteiger charge is -2.27.